The van der Waals surface area contributed by atoms with Gasteiger partial charge in [-0.25, -0.2) is 0 Å². The molecule has 0 aliphatic heterocycles. The Hall–Kier alpha value is -1.54. The fraction of sp³-hybridized carbons (Fsp3) is 0.111. The smallest absolute Gasteiger partial charge is 0.258 e. The highest BCUT2D eigenvalue weighted by Crippen LogP contribution is 2.20. The lowest BCUT2D eigenvalue weighted by Crippen LogP contribution is -1.95. The summed E-state index contributed by atoms with van der Waals surface area (Å²) >= 11 is 3.83. The number of nitro groups is 1. The first-order chi connectivity index (χ1) is 6.66. The van der Waals surface area contributed by atoms with Gasteiger partial charge < -0.3 is 0 Å². The quantitative estimate of drug-likeness (QED) is 0.334. The summed E-state index contributed by atoms with van der Waals surface area (Å²) in [5.41, 5.74) is -0.508. The van der Waals surface area contributed by atoms with Crippen molar-refractivity contribution in [1.82, 2.24) is 0 Å². The minimum atomic E-state index is -0.874. The van der Waals surface area contributed by atoms with Gasteiger partial charge in [-0.15, -0.1) is 0 Å². The molecule has 72 valence electrons. The van der Waals surface area contributed by atoms with Crippen LogP contribution in [0.1, 0.15) is 5.56 Å². The minimum Gasteiger partial charge on any atom is -0.258 e. The second-order valence-corrected chi connectivity index (χ2v) is 2.67. The van der Waals surface area contributed by atoms with E-state index in [-0.39, 0.29) is 11.3 Å². The van der Waals surface area contributed by atoms with Crippen LogP contribution in [0.3, 0.4) is 0 Å². The average molecular weight is 211 g/mol. The van der Waals surface area contributed by atoms with Gasteiger partial charge in [0.05, 0.1) is 10.7 Å². The lowest BCUT2D eigenvalue weighted by Gasteiger charge is -1.95. The van der Waals surface area contributed by atoms with Crippen molar-refractivity contribution in [2.24, 2.45) is 0 Å². The van der Waals surface area contributed by atoms with Gasteiger partial charge in [0.1, 0.15) is 5.56 Å². The highest BCUT2D eigenvalue weighted by Gasteiger charge is 2.17. The Morgan fingerprint density at radius 2 is 2.29 bits per heavy atom. The van der Waals surface area contributed by atoms with Crippen molar-refractivity contribution >= 4 is 18.3 Å². The summed E-state index contributed by atoms with van der Waals surface area (Å²) in [6.45, 7) is 0. The summed E-state index contributed by atoms with van der Waals surface area (Å²) in [5.74, 6) is 4.40. The van der Waals surface area contributed by atoms with Gasteiger partial charge in [-0.1, -0.05) is 17.9 Å². The van der Waals surface area contributed by atoms with Crippen LogP contribution in [-0.2, 0) is 0 Å². The third-order valence-electron chi connectivity index (χ3n) is 1.47. The first-order valence-corrected chi connectivity index (χ1v) is 4.32. The molecule has 0 aliphatic rings. The maximum absolute atomic E-state index is 13.0. The molecule has 0 N–H and O–H groups in total. The largest absolute Gasteiger partial charge is 0.320 e. The summed E-state index contributed by atoms with van der Waals surface area (Å²) in [6, 6.07) is 3.81. The molecule has 5 heteroatoms. The number of thiol groups is 1. The molecule has 1 aromatic carbocycles. The molecule has 0 aromatic heterocycles. The molecule has 0 spiro atoms. The molecule has 0 aliphatic carbocycles. The first kappa shape index (κ1) is 10.5. The number of hydrogen-bond acceptors (Lipinski definition) is 3. The standard InChI is InChI=1S/C9H6FNO2S/c10-8-5-1-3-7(4-2-6-14)9(8)11(12)13/h1,3,5,14H,6H2. The number of nitrogens with zero attached hydrogens (tertiary/aromatic N) is 1. The molecule has 0 saturated carbocycles. The molecular weight excluding hydrogens is 205 g/mol. The summed E-state index contributed by atoms with van der Waals surface area (Å²) in [6.07, 6.45) is 0. The van der Waals surface area contributed by atoms with E-state index in [0.717, 1.165) is 6.07 Å². The van der Waals surface area contributed by atoms with Crippen molar-refractivity contribution in [2.75, 3.05) is 5.75 Å². The highest BCUT2D eigenvalue weighted by molar-refractivity contribution is 7.80. The number of nitro benzene ring substituents is 1. The first-order valence-electron chi connectivity index (χ1n) is 3.69. The molecule has 0 heterocycles. The zero-order valence-corrected chi connectivity index (χ0v) is 7.92. The molecule has 3 nitrogen and oxygen atoms in total. The molecule has 14 heavy (non-hydrogen) atoms. The van der Waals surface area contributed by atoms with Gasteiger partial charge in [-0.05, 0) is 12.1 Å². The number of halogens is 1. The maximum atomic E-state index is 13.0. The Labute approximate surface area is 85.5 Å². The zero-order chi connectivity index (χ0) is 10.6. The van der Waals surface area contributed by atoms with E-state index in [2.05, 4.69) is 24.5 Å². The summed E-state index contributed by atoms with van der Waals surface area (Å²) in [4.78, 5) is 9.70. The van der Waals surface area contributed by atoms with Crippen LogP contribution >= 0.6 is 12.6 Å². The fourth-order valence-corrected chi connectivity index (χ4v) is 1.02. The molecule has 1 aromatic rings. The second kappa shape index (κ2) is 4.63. The van der Waals surface area contributed by atoms with E-state index in [1.54, 1.807) is 0 Å². The van der Waals surface area contributed by atoms with Crippen molar-refractivity contribution in [3.63, 3.8) is 0 Å². The molecule has 0 atom stereocenters. The van der Waals surface area contributed by atoms with Gasteiger partial charge in [0.2, 0.25) is 5.82 Å². The average Bonchev–Trinajstić information content (AvgIpc) is 2.14. The number of hydrogen-bond donors (Lipinski definition) is 1. The van der Waals surface area contributed by atoms with Gasteiger partial charge in [0.25, 0.3) is 0 Å². The van der Waals surface area contributed by atoms with E-state index in [4.69, 9.17) is 0 Å². The third kappa shape index (κ3) is 2.24. The molecule has 0 saturated heterocycles. The van der Waals surface area contributed by atoms with Gasteiger partial charge in [0, 0.05) is 0 Å². The Balaban J connectivity index is 3.28. The van der Waals surface area contributed by atoms with E-state index >= 15 is 0 Å². The lowest BCUT2D eigenvalue weighted by atomic mass is 10.2. The fourth-order valence-electron chi connectivity index (χ4n) is 0.937. The normalized spacial score (nSPS) is 9.00. The SMILES string of the molecule is O=[N+]([O-])c1c(F)cccc1C#CCS. The number of para-hydroxylation sites is 1. The van der Waals surface area contributed by atoms with Crippen LogP contribution in [0.2, 0.25) is 0 Å². The van der Waals surface area contributed by atoms with Crippen LogP contribution in [0.25, 0.3) is 0 Å². The van der Waals surface area contributed by atoms with E-state index in [0.29, 0.717) is 0 Å². The predicted molar refractivity (Wildman–Crippen MR) is 53.8 cm³/mol. The van der Waals surface area contributed by atoms with Crippen LogP contribution in [0.4, 0.5) is 10.1 Å². The van der Waals surface area contributed by atoms with Crippen LogP contribution in [0.5, 0.6) is 0 Å². The van der Waals surface area contributed by atoms with Gasteiger partial charge >= 0.3 is 5.69 Å². The van der Waals surface area contributed by atoms with Crippen molar-refractivity contribution in [3.8, 4) is 11.8 Å². The minimum absolute atomic E-state index is 0.0732. The monoisotopic (exact) mass is 211 g/mol. The van der Waals surface area contributed by atoms with Gasteiger partial charge in [0.15, 0.2) is 0 Å². The Morgan fingerprint density at radius 3 is 2.86 bits per heavy atom. The zero-order valence-electron chi connectivity index (χ0n) is 7.03. The van der Waals surface area contributed by atoms with Crippen molar-refractivity contribution < 1.29 is 9.31 Å². The Kier molecular flexibility index (Phi) is 3.48. The molecular formula is C9H6FNO2S. The van der Waals surface area contributed by atoms with Crippen molar-refractivity contribution in [3.05, 3.63) is 39.7 Å². The molecule has 1 rings (SSSR count). The second-order valence-electron chi connectivity index (χ2n) is 2.35. The van der Waals surface area contributed by atoms with Gasteiger partial charge in [-0.3, -0.25) is 10.1 Å². The number of benzene rings is 1. The predicted octanol–water partition coefficient (Wildman–Crippen LogP) is 2.02. The molecule has 0 bridgehead atoms. The summed E-state index contributed by atoms with van der Waals surface area (Å²) in [7, 11) is 0. The third-order valence-corrected chi connectivity index (χ3v) is 1.63. The van der Waals surface area contributed by atoms with E-state index < -0.39 is 16.4 Å². The molecule has 0 fully saturated rings. The Morgan fingerprint density at radius 1 is 1.57 bits per heavy atom. The van der Waals surface area contributed by atoms with Crippen LogP contribution < -0.4 is 0 Å². The summed E-state index contributed by atoms with van der Waals surface area (Å²) in [5, 5.41) is 10.5. The van der Waals surface area contributed by atoms with E-state index in [1.165, 1.54) is 12.1 Å². The van der Waals surface area contributed by atoms with Crippen molar-refractivity contribution in [2.45, 2.75) is 0 Å². The van der Waals surface area contributed by atoms with Crippen LogP contribution in [-0.4, -0.2) is 10.7 Å². The molecule has 0 unspecified atom stereocenters. The van der Waals surface area contributed by atoms with E-state index in [9.17, 15) is 14.5 Å². The van der Waals surface area contributed by atoms with Crippen molar-refractivity contribution in [1.29, 1.82) is 0 Å². The highest BCUT2D eigenvalue weighted by atomic mass is 32.1. The maximum Gasteiger partial charge on any atom is 0.320 e. The van der Waals surface area contributed by atoms with Crippen LogP contribution in [0, 0.1) is 27.8 Å². The molecule has 0 radical (unpaired) electrons. The molecule has 0 amide bonds. The van der Waals surface area contributed by atoms with Gasteiger partial charge in [-0.2, -0.15) is 17.0 Å². The Bertz CT molecular complexity index is 423. The number of rotatable bonds is 1. The van der Waals surface area contributed by atoms with E-state index in [1.807, 2.05) is 0 Å². The summed E-state index contributed by atoms with van der Waals surface area (Å²) < 4.78 is 13.0. The lowest BCUT2D eigenvalue weighted by molar-refractivity contribution is -0.387. The topological polar surface area (TPSA) is 43.1 Å². The van der Waals surface area contributed by atoms with Crippen LogP contribution in [0.15, 0.2) is 18.2 Å².